The highest BCUT2D eigenvalue weighted by molar-refractivity contribution is 6.30. The summed E-state index contributed by atoms with van der Waals surface area (Å²) < 4.78 is 13.0. The van der Waals surface area contributed by atoms with Crippen LogP contribution in [0.2, 0.25) is 5.02 Å². The Balaban J connectivity index is 2.36. The highest BCUT2D eigenvalue weighted by atomic mass is 35.5. The van der Waals surface area contributed by atoms with Crippen LogP contribution in [-0.2, 0) is 11.3 Å². The van der Waals surface area contributed by atoms with Gasteiger partial charge in [-0.3, -0.25) is 4.79 Å². The maximum absolute atomic E-state index is 13.0. The second kappa shape index (κ2) is 8.22. The average molecular weight is 301 g/mol. The molecule has 0 heterocycles. The Morgan fingerprint density at radius 2 is 2.10 bits per heavy atom. The molecule has 112 valence electrons. The molecule has 0 radical (unpaired) electrons. The summed E-state index contributed by atoms with van der Waals surface area (Å²) in [6.45, 7) is 4.22. The third-order valence-corrected chi connectivity index (χ3v) is 3.48. The minimum atomic E-state index is -0.453. The summed E-state index contributed by atoms with van der Waals surface area (Å²) >= 11 is 5.69. The number of hydrogen-bond acceptors (Lipinski definition) is 2. The van der Waals surface area contributed by atoms with Crippen molar-refractivity contribution in [1.82, 2.24) is 5.32 Å². The summed E-state index contributed by atoms with van der Waals surface area (Å²) in [6, 6.07) is 4.61. The molecule has 0 aliphatic carbocycles. The topological polar surface area (TPSA) is 55.1 Å². The van der Waals surface area contributed by atoms with E-state index in [-0.39, 0.29) is 22.9 Å². The number of benzene rings is 1. The molecule has 3 N–H and O–H groups in total. The number of carbonyl (C=O) groups excluding carboxylic acids is 1. The van der Waals surface area contributed by atoms with E-state index in [1.165, 1.54) is 12.1 Å². The second-order valence-corrected chi connectivity index (χ2v) is 5.68. The van der Waals surface area contributed by atoms with Gasteiger partial charge >= 0.3 is 0 Å². The molecule has 0 fully saturated rings. The molecule has 0 aliphatic heterocycles. The Bertz CT molecular complexity index is 451. The molecule has 1 amide bonds. The lowest BCUT2D eigenvalue weighted by molar-refractivity contribution is -0.124. The third-order valence-electron chi connectivity index (χ3n) is 3.19. The number of nitrogens with one attached hydrogen (secondary N) is 1. The van der Waals surface area contributed by atoms with Crippen molar-refractivity contribution in [2.24, 2.45) is 11.7 Å². The van der Waals surface area contributed by atoms with Crippen molar-refractivity contribution in [2.75, 3.05) is 0 Å². The van der Waals surface area contributed by atoms with Crippen molar-refractivity contribution in [3.63, 3.8) is 0 Å². The van der Waals surface area contributed by atoms with Gasteiger partial charge in [0.1, 0.15) is 5.82 Å². The number of nitrogens with two attached hydrogens (primary N) is 1. The number of carbonyl (C=O) groups is 1. The molecule has 0 aromatic heterocycles. The smallest absolute Gasteiger partial charge is 0.223 e. The van der Waals surface area contributed by atoms with E-state index >= 15 is 0 Å². The fourth-order valence-corrected chi connectivity index (χ4v) is 2.09. The Morgan fingerprint density at radius 3 is 2.70 bits per heavy atom. The fourth-order valence-electron chi connectivity index (χ4n) is 1.89. The molecule has 2 atom stereocenters. The monoisotopic (exact) mass is 300 g/mol. The van der Waals surface area contributed by atoms with E-state index in [1.54, 1.807) is 6.07 Å². The first kappa shape index (κ1) is 16.9. The maximum Gasteiger partial charge on any atom is 0.223 e. The average Bonchev–Trinajstić information content (AvgIpc) is 2.39. The lowest BCUT2D eigenvalue weighted by Crippen LogP contribution is -2.29. The standard InChI is InChI=1S/C15H22ClFN2O/c1-10(4-3-5-11(2)18)15(20)19-9-12-6-7-14(17)13(16)8-12/h6-8,10-11H,3-5,9,18H2,1-2H3,(H,19,20). The Hall–Kier alpha value is -1.13. The molecule has 0 aliphatic rings. The molecule has 5 heteroatoms. The van der Waals surface area contributed by atoms with Gasteiger partial charge in [0.15, 0.2) is 0 Å². The Kier molecular flexibility index (Phi) is 6.96. The SMILES string of the molecule is CC(N)CCCC(C)C(=O)NCc1ccc(F)c(Cl)c1. The number of amides is 1. The lowest BCUT2D eigenvalue weighted by atomic mass is 10.0. The van der Waals surface area contributed by atoms with Gasteiger partial charge in [-0.1, -0.05) is 31.0 Å². The van der Waals surface area contributed by atoms with Crippen LogP contribution in [0.3, 0.4) is 0 Å². The quantitative estimate of drug-likeness (QED) is 0.812. The van der Waals surface area contributed by atoms with Crippen LogP contribution in [0.1, 0.15) is 38.7 Å². The van der Waals surface area contributed by atoms with Crippen LogP contribution in [0.15, 0.2) is 18.2 Å². The van der Waals surface area contributed by atoms with E-state index in [1.807, 2.05) is 13.8 Å². The van der Waals surface area contributed by atoms with Crippen LogP contribution in [0.25, 0.3) is 0 Å². The van der Waals surface area contributed by atoms with Crippen LogP contribution in [0.5, 0.6) is 0 Å². The van der Waals surface area contributed by atoms with Gasteiger partial charge in [-0.25, -0.2) is 4.39 Å². The highest BCUT2D eigenvalue weighted by Crippen LogP contribution is 2.16. The van der Waals surface area contributed by atoms with Gasteiger partial charge in [0, 0.05) is 18.5 Å². The van der Waals surface area contributed by atoms with E-state index in [9.17, 15) is 9.18 Å². The molecule has 20 heavy (non-hydrogen) atoms. The molecule has 3 nitrogen and oxygen atoms in total. The van der Waals surface area contributed by atoms with E-state index in [2.05, 4.69) is 5.32 Å². The van der Waals surface area contributed by atoms with Gasteiger partial charge in [0.05, 0.1) is 5.02 Å². The van der Waals surface area contributed by atoms with Crippen molar-refractivity contribution in [3.05, 3.63) is 34.6 Å². The predicted molar refractivity (Wildman–Crippen MR) is 79.9 cm³/mol. The van der Waals surface area contributed by atoms with Crippen molar-refractivity contribution >= 4 is 17.5 Å². The number of halogens is 2. The molecule has 1 rings (SSSR count). The van der Waals surface area contributed by atoms with Crippen molar-refractivity contribution in [2.45, 2.75) is 45.7 Å². The highest BCUT2D eigenvalue weighted by Gasteiger charge is 2.12. The molecule has 1 aromatic rings. The first-order chi connectivity index (χ1) is 9.40. The van der Waals surface area contributed by atoms with Gasteiger partial charge in [0.25, 0.3) is 0 Å². The van der Waals surface area contributed by atoms with Crippen LogP contribution >= 0.6 is 11.6 Å². The summed E-state index contributed by atoms with van der Waals surface area (Å²) in [6.07, 6.45) is 2.68. The summed E-state index contributed by atoms with van der Waals surface area (Å²) in [7, 11) is 0. The van der Waals surface area contributed by atoms with Gasteiger partial charge in [-0.05, 0) is 37.5 Å². The number of rotatable bonds is 7. The van der Waals surface area contributed by atoms with Gasteiger partial charge in [0.2, 0.25) is 5.91 Å². The van der Waals surface area contributed by atoms with E-state index < -0.39 is 5.82 Å². The molecular formula is C15H22ClFN2O. The molecule has 0 saturated carbocycles. The predicted octanol–water partition coefficient (Wildman–Crippen LogP) is 3.25. The maximum atomic E-state index is 13.0. The summed E-state index contributed by atoms with van der Waals surface area (Å²) in [4.78, 5) is 11.9. The van der Waals surface area contributed by atoms with E-state index in [0.717, 1.165) is 24.8 Å². The van der Waals surface area contributed by atoms with Crippen molar-refractivity contribution in [3.8, 4) is 0 Å². The molecule has 1 aromatic carbocycles. The molecule has 0 bridgehead atoms. The van der Waals surface area contributed by atoms with E-state index in [0.29, 0.717) is 6.54 Å². The minimum absolute atomic E-state index is 0.00452. The van der Waals surface area contributed by atoms with Crippen molar-refractivity contribution < 1.29 is 9.18 Å². The molecule has 2 unspecified atom stereocenters. The first-order valence-electron chi connectivity index (χ1n) is 6.87. The van der Waals surface area contributed by atoms with Crippen LogP contribution in [-0.4, -0.2) is 11.9 Å². The molecule has 0 saturated heterocycles. The van der Waals surface area contributed by atoms with E-state index in [4.69, 9.17) is 17.3 Å². The normalized spacial score (nSPS) is 13.8. The van der Waals surface area contributed by atoms with Gasteiger partial charge < -0.3 is 11.1 Å². The largest absolute Gasteiger partial charge is 0.352 e. The lowest BCUT2D eigenvalue weighted by Gasteiger charge is -2.13. The molecular weight excluding hydrogens is 279 g/mol. The second-order valence-electron chi connectivity index (χ2n) is 5.28. The minimum Gasteiger partial charge on any atom is -0.352 e. The fraction of sp³-hybridized carbons (Fsp3) is 0.533. The van der Waals surface area contributed by atoms with Crippen LogP contribution < -0.4 is 11.1 Å². The Labute approximate surface area is 124 Å². The molecule has 0 spiro atoms. The van der Waals surface area contributed by atoms with Gasteiger partial charge in [-0.15, -0.1) is 0 Å². The van der Waals surface area contributed by atoms with Crippen molar-refractivity contribution in [1.29, 1.82) is 0 Å². The van der Waals surface area contributed by atoms with Crippen LogP contribution in [0.4, 0.5) is 4.39 Å². The summed E-state index contributed by atoms with van der Waals surface area (Å²) in [5.41, 5.74) is 6.46. The third kappa shape index (κ3) is 5.88. The first-order valence-corrected chi connectivity index (χ1v) is 7.25. The Morgan fingerprint density at radius 1 is 1.40 bits per heavy atom. The van der Waals surface area contributed by atoms with Crippen LogP contribution in [0, 0.1) is 11.7 Å². The zero-order valence-corrected chi connectivity index (χ0v) is 12.7. The summed E-state index contributed by atoms with van der Waals surface area (Å²) in [5.74, 6) is -0.509. The zero-order chi connectivity index (χ0) is 15.1. The zero-order valence-electron chi connectivity index (χ0n) is 12.0. The number of hydrogen-bond donors (Lipinski definition) is 2. The summed E-state index contributed by atoms with van der Waals surface area (Å²) in [5, 5.41) is 2.90. The van der Waals surface area contributed by atoms with Gasteiger partial charge in [-0.2, -0.15) is 0 Å².